The summed E-state index contributed by atoms with van der Waals surface area (Å²) in [5, 5.41) is 10.1. The number of aromatic amines is 1. The average Bonchev–Trinajstić information content (AvgIpc) is 3.18. The highest BCUT2D eigenvalue weighted by atomic mass is 16.1. The predicted octanol–water partition coefficient (Wildman–Crippen LogP) is 3.06. The molecule has 4 aromatic rings. The first-order chi connectivity index (χ1) is 14.0. The Kier molecular flexibility index (Phi) is 4.72. The Morgan fingerprint density at radius 2 is 2.03 bits per heavy atom. The Hall–Kier alpha value is -3.74. The van der Waals surface area contributed by atoms with Crippen molar-refractivity contribution in [2.75, 3.05) is 7.05 Å². The molecule has 29 heavy (non-hydrogen) atoms. The monoisotopic (exact) mass is 387 g/mol. The number of H-pyrrole nitrogens is 1. The first-order valence-corrected chi connectivity index (χ1v) is 9.33. The van der Waals surface area contributed by atoms with Gasteiger partial charge in [0, 0.05) is 23.9 Å². The van der Waals surface area contributed by atoms with Crippen molar-refractivity contribution in [2.45, 2.75) is 19.9 Å². The van der Waals surface area contributed by atoms with Crippen LogP contribution in [0.1, 0.15) is 34.6 Å². The maximum atomic E-state index is 13.1. The van der Waals surface area contributed by atoms with Gasteiger partial charge in [-0.1, -0.05) is 18.2 Å². The van der Waals surface area contributed by atoms with Crippen LogP contribution in [0.2, 0.25) is 0 Å². The Bertz CT molecular complexity index is 1270. The first kappa shape index (κ1) is 18.6. The van der Waals surface area contributed by atoms with E-state index in [1.165, 1.54) is 0 Å². The minimum atomic E-state index is -0.264. The summed E-state index contributed by atoms with van der Waals surface area (Å²) >= 11 is 0. The molecular weight excluding hydrogens is 366 g/mol. The van der Waals surface area contributed by atoms with Crippen LogP contribution in [-0.2, 0) is 0 Å². The zero-order valence-electron chi connectivity index (χ0n) is 16.4. The number of carbonyl (C=O) groups excluding carboxylic acids is 1. The minimum absolute atomic E-state index is 0.122. The van der Waals surface area contributed by atoms with E-state index in [1.807, 2.05) is 38.1 Å². The third kappa shape index (κ3) is 3.31. The van der Waals surface area contributed by atoms with E-state index >= 15 is 0 Å². The lowest BCUT2D eigenvalue weighted by Crippen LogP contribution is -2.25. The molecule has 2 aromatic carbocycles. The fourth-order valence-electron chi connectivity index (χ4n) is 3.47. The van der Waals surface area contributed by atoms with Gasteiger partial charge in [0.1, 0.15) is 0 Å². The number of benzene rings is 2. The number of nitrogens with one attached hydrogen (secondary N) is 2. The van der Waals surface area contributed by atoms with Gasteiger partial charge in [-0.2, -0.15) is 5.10 Å². The summed E-state index contributed by atoms with van der Waals surface area (Å²) < 4.78 is 1.59. The van der Waals surface area contributed by atoms with E-state index in [-0.39, 0.29) is 17.5 Å². The molecule has 0 saturated heterocycles. The lowest BCUT2D eigenvalue weighted by Gasteiger charge is -2.16. The molecule has 0 bridgehead atoms. The van der Waals surface area contributed by atoms with Crippen LogP contribution in [0.15, 0.2) is 59.8 Å². The standard InChI is InChI=1S/C22H21N5O2/c1-13-19(11-25-26-13)16-7-8-18-20(10-16)24-12-27(22(18)29)14(2)15-5-4-6-17(9-15)21(28)23-3/h4-12,14H,1-3H3,(H,23,28)(H,25,26). The second-order valence-electron chi connectivity index (χ2n) is 6.98. The summed E-state index contributed by atoms with van der Waals surface area (Å²) in [5.41, 5.74) is 4.83. The zero-order valence-corrected chi connectivity index (χ0v) is 16.4. The highest BCUT2D eigenvalue weighted by Gasteiger charge is 2.15. The van der Waals surface area contributed by atoms with Gasteiger partial charge < -0.3 is 5.32 Å². The molecule has 7 heteroatoms. The van der Waals surface area contributed by atoms with Crippen molar-refractivity contribution in [3.63, 3.8) is 0 Å². The largest absolute Gasteiger partial charge is 0.355 e. The molecule has 0 aliphatic carbocycles. The predicted molar refractivity (Wildman–Crippen MR) is 112 cm³/mol. The molecule has 2 heterocycles. The van der Waals surface area contributed by atoms with Gasteiger partial charge in [0.25, 0.3) is 11.5 Å². The second-order valence-corrected chi connectivity index (χ2v) is 6.98. The molecule has 1 amide bonds. The van der Waals surface area contributed by atoms with Crippen molar-refractivity contribution < 1.29 is 4.79 Å². The van der Waals surface area contributed by atoms with Gasteiger partial charge >= 0.3 is 0 Å². The highest BCUT2D eigenvalue weighted by Crippen LogP contribution is 2.24. The maximum absolute atomic E-state index is 13.1. The minimum Gasteiger partial charge on any atom is -0.355 e. The Labute approximate surface area is 167 Å². The fraction of sp³-hybridized carbons (Fsp3) is 0.182. The molecule has 0 aliphatic heterocycles. The number of hydrogen-bond acceptors (Lipinski definition) is 4. The summed E-state index contributed by atoms with van der Waals surface area (Å²) in [6.45, 7) is 3.87. The van der Waals surface area contributed by atoms with E-state index < -0.39 is 0 Å². The molecule has 0 saturated carbocycles. The van der Waals surface area contributed by atoms with E-state index in [2.05, 4.69) is 20.5 Å². The van der Waals surface area contributed by atoms with Crippen LogP contribution in [0.25, 0.3) is 22.0 Å². The van der Waals surface area contributed by atoms with Crippen molar-refractivity contribution in [2.24, 2.45) is 0 Å². The Balaban J connectivity index is 1.75. The lowest BCUT2D eigenvalue weighted by atomic mass is 10.0. The van der Waals surface area contributed by atoms with Crippen LogP contribution in [0.5, 0.6) is 0 Å². The van der Waals surface area contributed by atoms with Crippen LogP contribution in [0.3, 0.4) is 0 Å². The van der Waals surface area contributed by atoms with Crippen LogP contribution in [0.4, 0.5) is 0 Å². The number of rotatable bonds is 4. The molecule has 0 fully saturated rings. The van der Waals surface area contributed by atoms with Crippen LogP contribution >= 0.6 is 0 Å². The van der Waals surface area contributed by atoms with Crippen molar-refractivity contribution >= 4 is 16.8 Å². The molecule has 1 atom stereocenters. The van der Waals surface area contributed by atoms with Gasteiger partial charge in [-0.15, -0.1) is 0 Å². The molecule has 7 nitrogen and oxygen atoms in total. The average molecular weight is 387 g/mol. The molecule has 1 unspecified atom stereocenters. The number of hydrogen-bond donors (Lipinski definition) is 2. The SMILES string of the molecule is CNC(=O)c1cccc(C(C)n2cnc3cc(-c4cn[nH]c4C)ccc3c2=O)c1. The van der Waals surface area contributed by atoms with Gasteiger partial charge in [0.15, 0.2) is 0 Å². The number of aryl methyl sites for hydroxylation is 1. The summed E-state index contributed by atoms with van der Waals surface area (Å²) in [7, 11) is 1.59. The number of amides is 1. The smallest absolute Gasteiger partial charge is 0.261 e. The second kappa shape index (κ2) is 7.35. The topological polar surface area (TPSA) is 92.7 Å². The molecule has 146 valence electrons. The maximum Gasteiger partial charge on any atom is 0.261 e. The number of carbonyl (C=O) groups is 1. The van der Waals surface area contributed by atoms with Gasteiger partial charge in [-0.3, -0.25) is 19.3 Å². The van der Waals surface area contributed by atoms with Gasteiger partial charge in [0.05, 0.1) is 29.5 Å². The number of nitrogens with zero attached hydrogens (tertiary/aromatic N) is 3. The van der Waals surface area contributed by atoms with Gasteiger partial charge in [0.2, 0.25) is 0 Å². The Morgan fingerprint density at radius 3 is 2.76 bits per heavy atom. The van der Waals surface area contributed by atoms with Crippen molar-refractivity contribution in [1.29, 1.82) is 0 Å². The molecule has 4 rings (SSSR count). The summed E-state index contributed by atoms with van der Waals surface area (Å²) in [6.07, 6.45) is 3.33. The third-order valence-corrected chi connectivity index (χ3v) is 5.20. The van der Waals surface area contributed by atoms with E-state index in [0.29, 0.717) is 16.5 Å². The molecule has 0 radical (unpaired) electrons. The van der Waals surface area contributed by atoms with Gasteiger partial charge in [-0.05, 0) is 49.2 Å². The quantitative estimate of drug-likeness (QED) is 0.563. The lowest BCUT2D eigenvalue weighted by molar-refractivity contribution is 0.0963. The summed E-state index contributed by atoms with van der Waals surface area (Å²) in [4.78, 5) is 29.5. The zero-order chi connectivity index (χ0) is 20.5. The van der Waals surface area contributed by atoms with Gasteiger partial charge in [-0.25, -0.2) is 4.98 Å². The molecule has 0 spiro atoms. The number of fused-ring (bicyclic) bond motifs is 1. The van der Waals surface area contributed by atoms with Crippen molar-refractivity contribution in [1.82, 2.24) is 25.1 Å². The van der Waals surface area contributed by atoms with Crippen LogP contribution in [0, 0.1) is 6.92 Å². The number of aromatic nitrogens is 4. The molecule has 2 N–H and O–H groups in total. The van der Waals surface area contributed by atoms with E-state index in [4.69, 9.17) is 0 Å². The van der Waals surface area contributed by atoms with Crippen molar-refractivity contribution in [3.8, 4) is 11.1 Å². The molecule has 2 aromatic heterocycles. The third-order valence-electron chi connectivity index (χ3n) is 5.20. The molecule has 0 aliphatic rings. The van der Waals surface area contributed by atoms with E-state index in [9.17, 15) is 9.59 Å². The summed E-state index contributed by atoms with van der Waals surface area (Å²) in [6, 6.07) is 12.6. The normalized spacial score (nSPS) is 12.1. The van der Waals surface area contributed by atoms with E-state index in [1.54, 1.807) is 42.3 Å². The Morgan fingerprint density at radius 1 is 1.21 bits per heavy atom. The highest BCUT2D eigenvalue weighted by molar-refractivity contribution is 5.94. The summed E-state index contributed by atoms with van der Waals surface area (Å²) in [5.74, 6) is -0.162. The fourth-order valence-corrected chi connectivity index (χ4v) is 3.47. The first-order valence-electron chi connectivity index (χ1n) is 9.33. The van der Waals surface area contributed by atoms with Crippen molar-refractivity contribution in [3.05, 3.63) is 82.2 Å². The van der Waals surface area contributed by atoms with E-state index in [0.717, 1.165) is 22.4 Å². The van der Waals surface area contributed by atoms with Crippen LogP contribution < -0.4 is 10.9 Å². The van der Waals surface area contributed by atoms with Crippen LogP contribution in [-0.4, -0.2) is 32.7 Å². The molecular formula is C22H21N5O2.